The quantitative estimate of drug-likeness (QED) is 0.857. The topological polar surface area (TPSA) is 51.7 Å². The van der Waals surface area contributed by atoms with Crippen LogP contribution in [0.5, 0.6) is 0 Å². The average Bonchev–Trinajstić information content (AvgIpc) is 3.24. The molecule has 24 heavy (non-hydrogen) atoms. The van der Waals surface area contributed by atoms with E-state index in [0.29, 0.717) is 5.56 Å². The first-order chi connectivity index (χ1) is 11.7. The molecule has 1 amide bonds. The molecule has 6 heteroatoms. The van der Waals surface area contributed by atoms with Gasteiger partial charge in [0.05, 0.1) is 33.5 Å². The summed E-state index contributed by atoms with van der Waals surface area (Å²) in [5.41, 5.74) is 3.20. The van der Waals surface area contributed by atoms with Crippen LogP contribution in [0.15, 0.2) is 23.7 Å². The van der Waals surface area contributed by atoms with E-state index >= 15 is 0 Å². The van der Waals surface area contributed by atoms with Crippen molar-refractivity contribution in [3.63, 3.8) is 0 Å². The van der Waals surface area contributed by atoms with Crippen LogP contribution in [0.25, 0.3) is 10.2 Å². The fourth-order valence-corrected chi connectivity index (χ4v) is 4.93. The Labute approximate surface area is 145 Å². The minimum atomic E-state index is -0.213. The summed E-state index contributed by atoms with van der Waals surface area (Å²) in [6.07, 6.45) is 3.88. The molecule has 0 unspecified atom stereocenters. The number of likely N-dealkylation sites (tertiary alicyclic amines) is 1. The molecule has 0 spiro atoms. The number of nitrogens with zero attached hydrogens (tertiary/aromatic N) is 2. The van der Waals surface area contributed by atoms with Gasteiger partial charge in [0, 0.05) is 26.3 Å². The van der Waals surface area contributed by atoms with Crippen molar-refractivity contribution in [1.29, 1.82) is 0 Å². The Morgan fingerprint density at radius 1 is 1.38 bits per heavy atom. The van der Waals surface area contributed by atoms with Crippen molar-refractivity contribution >= 4 is 27.5 Å². The Hall–Kier alpha value is -1.50. The Kier molecular flexibility index (Phi) is 4.06. The zero-order valence-electron chi connectivity index (χ0n) is 14.0. The van der Waals surface area contributed by atoms with E-state index in [1.54, 1.807) is 25.6 Å². The number of fused-ring (bicyclic) bond motifs is 2. The molecule has 2 aromatic rings. The molecule has 3 atom stereocenters. The van der Waals surface area contributed by atoms with Crippen LogP contribution in [0.4, 0.5) is 0 Å². The molecule has 2 heterocycles. The van der Waals surface area contributed by atoms with Crippen molar-refractivity contribution in [2.45, 2.75) is 43.4 Å². The molecule has 0 radical (unpaired) electrons. The van der Waals surface area contributed by atoms with E-state index in [-0.39, 0.29) is 23.7 Å². The van der Waals surface area contributed by atoms with Gasteiger partial charge in [0.15, 0.2) is 0 Å². The maximum absolute atomic E-state index is 13.1. The van der Waals surface area contributed by atoms with Crippen molar-refractivity contribution in [1.82, 2.24) is 9.88 Å². The van der Waals surface area contributed by atoms with Crippen LogP contribution in [-0.4, -0.2) is 54.3 Å². The first-order valence-electron chi connectivity index (χ1n) is 8.39. The summed E-state index contributed by atoms with van der Waals surface area (Å²) >= 11 is 1.59. The number of benzene rings is 1. The number of hydrogen-bond donors (Lipinski definition) is 0. The highest BCUT2D eigenvalue weighted by atomic mass is 32.1. The minimum Gasteiger partial charge on any atom is -0.381 e. The number of ether oxygens (including phenoxy) is 2. The van der Waals surface area contributed by atoms with Crippen LogP contribution in [0.2, 0.25) is 0 Å². The molecule has 1 aliphatic carbocycles. The first-order valence-corrected chi connectivity index (χ1v) is 9.27. The van der Waals surface area contributed by atoms with Crippen LogP contribution >= 0.6 is 11.3 Å². The molecule has 2 fully saturated rings. The first kappa shape index (κ1) is 16.0. The monoisotopic (exact) mass is 346 g/mol. The van der Waals surface area contributed by atoms with Gasteiger partial charge in [-0.25, -0.2) is 4.98 Å². The van der Waals surface area contributed by atoms with E-state index in [0.717, 1.165) is 42.4 Å². The number of aromatic nitrogens is 1. The Bertz CT molecular complexity index is 762. The highest BCUT2D eigenvalue weighted by Gasteiger charge is 2.52. The molecule has 1 saturated carbocycles. The van der Waals surface area contributed by atoms with E-state index in [9.17, 15) is 4.79 Å². The van der Waals surface area contributed by atoms with Crippen LogP contribution < -0.4 is 0 Å². The molecular weight excluding hydrogens is 324 g/mol. The molecule has 128 valence electrons. The van der Waals surface area contributed by atoms with Crippen molar-refractivity contribution in [3.8, 4) is 0 Å². The SMILES string of the molecule is CO[C@@H]1CC[C@@]2(OC)CCN(C(=O)c3ccc4scnc4c3)[C@H]2C1. The van der Waals surface area contributed by atoms with Gasteiger partial charge in [-0.1, -0.05) is 0 Å². The number of rotatable bonds is 3. The van der Waals surface area contributed by atoms with Gasteiger partial charge >= 0.3 is 0 Å². The van der Waals surface area contributed by atoms with Gasteiger partial charge in [-0.15, -0.1) is 11.3 Å². The molecule has 1 aliphatic heterocycles. The third-order valence-corrected chi connectivity index (χ3v) is 6.52. The zero-order valence-corrected chi connectivity index (χ0v) is 14.8. The van der Waals surface area contributed by atoms with Gasteiger partial charge in [-0.3, -0.25) is 4.79 Å². The third-order valence-electron chi connectivity index (χ3n) is 5.71. The van der Waals surface area contributed by atoms with Gasteiger partial charge in [0.2, 0.25) is 0 Å². The Morgan fingerprint density at radius 2 is 2.25 bits per heavy atom. The highest BCUT2D eigenvalue weighted by molar-refractivity contribution is 7.16. The predicted molar refractivity (Wildman–Crippen MR) is 93.4 cm³/mol. The van der Waals surface area contributed by atoms with Gasteiger partial charge in [0.25, 0.3) is 5.91 Å². The number of methoxy groups -OCH3 is 2. The maximum Gasteiger partial charge on any atom is 0.254 e. The van der Waals surface area contributed by atoms with Crippen molar-refractivity contribution in [2.75, 3.05) is 20.8 Å². The molecule has 0 N–H and O–H groups in total. The molecule has 2 aliphatic rings. The standard InChI is InChI=1S/C18H22N2O3S/c1-22-13-5-6-18(23-2)7-8-20(16(18)10-13)17(21)12-3-4-15-14(9-12)19-11-24-15/h3-4,9,11,13,16H,5-8,10H2,1-2H3/t13-,16+,18-/m1/s1. The van der Waals surface area contributed by atoms with Crippen molar-refractivity contribution in [3.05, 3.63) is 29.3 Å². The summed E-state index contributed by atoms with van der Waals surface area (Å²) in [5, 5.41) is 0. The molecule has 1 saturated heterocycles. The average molecular weight is 346 g/mol. The number of carbonyl (C=O) groups excluding carboxylic acids is 1. The van der Waals surface area contributed by atoms with Crippen LogP contribution in [0.3, 0.4) is 0 Å². The van der Waals surface area contributed by atoms with E-state index < -0.39 is 0 Å². The molecule has 4 rings (SSSR count). The number of thiazole rings is 1. The minimum absolute atomic E-state index is 0.0746. The number of carbonyl (C=O) groups is 1. The van der Waals surface area contributed by atoms with Crippen molar-refractivity contribution in [2.24, 2.45) is 0 Å². The van der Waals surface area contributed by atoms with Gasteiger partial charge in [0.1, 0.15) is 0 Å². The van der Waals surface area contributed by atoms with Gasteiger partial charge in [-0.05, 0) is 43.9 Å². The lowest BCUT2D eigenvalue weighted by molar-refractivity contribution is -0.0893. The second kappa shape index (κ2) is 6.10. The second-order valence-corrected chi connectivity index (χ2v) is 7.59. The molecule has 5 nitrogen and oxygen atoms in total. The fraction of sp³-hybridized carbons (Fsp3) is 0.556. The Balaban J connectivity index is 1.63. The largest absolute Gasteiger partial charge is 0.381 e. The van der Waals surface area contributed by atoms with Gasteiger partial charge in [-0.2, -0.15) is 0 Å². The number of hydrogen-bond acceptors (Lipinski definition) is 5. The third kappa shape index (κ3) is 2.44. The summed E-state index contributed by atoms with van der Waals surface area (Å²) in [4.78, 5) is 19.4. The Morgan fingerprint density at radius 3 is 3.04 bits per heavy atom. The highest BCUT2D eigenvalue weighted by Crippen LogP contribution is 2.43. The lowest BCUT2D eigenvalue weighted by Gasteiger charge is -2.43. The summed E-state index contributed by atoms with van der Waals surface area (Å²) in [7, 11) is 3.52. The summed E-state index contributed by atoms with van der Waals surface area (Å²) in [6.45, 7) is 0.739. The van der Waals surface area contributed by atoms with Crippen LogP contribution in [0, 0.1) is 0 Å². The van der Waals surface area contributed by atoms with Crippen LogP contribution in [-0.2, 0) is 9.47 Å². The lowest BCUT2D eigenvalue weighted by atomic mass is 9.79. The molecular formula is C18H22N2O3S. The number of amides is 1. The molecule has 0 bridgehead atoms. The summed E-state index contributed by atoms with van der Waals surface area (Å²) in [6, 6.07) is 5.88. The van der Waals surface area contributed by atoms with Gasteiger partial charge < -0.3 is 14.4 Å². The maximum atomic E-state index is 13.1. The molecule has 1 aromatic heterocycles. The van der Waals surface area contributed by atoms with E-state index in [2.05, 4.69) is 4.98 Å². The summed E-state index contributed by atoms with van der Waals surface area (Å²) in [5.74, 6) is 0.0746. The fourth-order valence-electron chi connectivity index (χ4n) is 4.28. The van der Waals surface area contributed by atoms with E-state index in [1.165, 1.54) is 0 Å². The predicted octanol–water partition coefficient (Wildman–Crippen LogP) is 3.09. The zero-order chi connectivity index (χ0) is 16.7. The second-order valence-electron chi connectivity index (χ2n) is 6.70. The summed E-state index contributed by atoms with van der Waals surface area (Å²) < 4.78 is 12.6. The van der Waals surface area contributed by atoms with E-state index in [1.807, 2.05) is 28.6 Å². The normalized spacial score (nSPS) is 29.8. The van der Waals surface area contributed by atoms with Crippen LogP contribution in [0.1, 0.15) is 36.0 Å². The van der Waals surface area contributed by atoms with E-state index in [4.69, 9.17) is 9.47 Å². The molecule has 1 aromatic carbocycles. The van der Waals surface area contributed by atoms with Crippen molar-refractivity contribution < 1.29 is 14.3 Å². The smallest absolute Gasteiger partial charge is 0.254 e. The lowest BCUT2D eigenvalue weighted by Crippen LogP contribution is -2.53.